The second-order valence-electron chi connectivity index (χ2n) is 6.36. The number of para-hydroxylation sites is 1. The molecule has 1 fully saturated rings. The highest BCUT2D eigenvalue weighted by molar-refractivity contribution is 5.97. The molecule has 2 heterocycles. The molecule has 26 heavy (non-hydrogen) atoms. The summed E-state index contributed by atoms with van der Waals surface area (Å²) in [5.41, 5.74) is 3.32. The van der Waals surface area contributed by atoms with Crippen LogP contribution in [0.3, 0.4) is 0 Å². The SMILES string of the molecule is COc1ccccc1C(=O)N1CCN(Cc2ccc3nonc3c2)CC1. The standard InChI is InChI=1S/C19H20N4O3/c1-25-18-5-3-2-4-15(18)19(24)23-10-8-22(9-11-23)13-14-6-7-16-17(12-14)21-26-20-16/h2-7,12H,8-11,13H2,1H3. The van der Waals surface area contributed by atoms with Crippen molar-refractivity contribution in [1.29, 1.82) is 0 Å². The first-order chi connectivity index (χ1) is 12.7. The van der Waals surface area contributed by atoms with Gasteiger partial charge in [-0.25, -0.2) is 4.63 Å². The number of amides is 1. The molecule has 1 aliphatic heterocycles. The van der Waals surface area contributed by atoms with Crippen LogP contribution in [0.5, 0.6) is 5.75 Å². The van der Waals surface area contributed by atoms with Crippen molar-refractivity contribution >= 4 is 16.9 Å². The Morgan fingerprint density at radius 2 is 1.85 bits per heavy atom. The Kier molecular flexibility index (Phi) is 4.53. The second kappa shape index (κ2) is 7.13. The molecule has 1 aromatic heterocycles. The lowest BCUT2D eigenvalue weighted by Gasteiger charge is -2.35. The van der Waals surface area contributed by atoms with Crippen molar-refractivity contribution in [2.45, 2.75) is 6.54 Å². The Morgan fingerprint density at radius 1 is 1.08 bits per heavy atom. The number of piperazine rings is 1. The van der Waals surface area contributed by atoms with Crippen LogP contribution in [-0.4, -0.2) is 59.3 Å². The van der Waals surface area contributed by atoms with Crippen molar-refractivity contribution in [3.8, 4) is 5.75 Å². The largest absolute Gasteiger partial charge is 0.496 e. The maximum atomic E-state index is 12.8. The lowest BCUT2D eigenvalue weighted by Crippen LogP contribution is -2.48. The van der Waals surface area contributed by atoms with E-state index in [0.717, 1.165) is 36.2 Å². The summed E-state index contributed by atoms with van der Waals surface area (Å²) < 4.78 is 10.1. The van der Waals surface area contributed by atoms with E-state index in [-0.39, 0.29) is 5.91 Å². The zero-order chi connectivity index (χ0) is 17.9. The average molecular weight is 352 g/mol. The Balaban J connectivity index is 1.38. The van der Waals surface area contributed by atoms with Crippen LogP contribution in [0.25, 0.3) is 11.0 Å². The smallest absolute Gasteiger partial charge is 0.257 e. The number of aromatic nitrogens is 2. The lowest BCUT2D eigenvalue weighted by molar-refractivity contribution is 0.0625. The molecule has 0 radical (unpaired) electrons. The van der Waals surface area contributed by atoms with E-state index in [0.29, 0.717) is 24.4 Å². The Morgan fingerprint density at radius 3 is 2.65 bits per heavy atom. The summed E-state index contributed by atoms with van der Waals surface area (Å²) in [6, 6.07) is 13.3. The number of rotatable bonds is 4. The highest BCUT2D eigenvalue weighted by atomic mass is 16.6. The molecule has 0 spiro atoms. The zero-order valence-corrected chi connectivity index (χ0v) is 14.6. The van der Waals surface area contributed by atoms with E-state index in [1.165, 1.54) is 0 Å². The topological polar surface area (TPSA) is 71.7 Å². The minimum Gasteiger partial charge on any atom is -0.496 e. The van der Waals surface area contributed by atoms with Gasteiger partial charge in [0, 0.05) is 32.7 Å². The third-order valence-corrected chi connectivity index (χ3v) is 4.72. The van der Waals surface area contributed by atoms with E-state index >= 15 is 0 Å². The maximum Gasteiger partial charge on any atom is 0.257 e. The van der Waals surface area contributed by atoms with Crippen molar-refractivity contribution in [3.63, 3.8) is 0 Å². The number of methoxy groups -OCH3 is 1. The first kappa shape index (κ1) is 16.5. The van der Waals surface area contributed by atoms with Crippen LogP contribution in [0.15, 0.2) is 47.1 Å². The molecule has 7 nitrogen and oxygen atoms in total. The Hall–Kier alpha value is -2.93. The van der Waals surface area contributed by atoms with Crippen molar-refractivity contribution in [1.82, 2.24) is 20.1 Å². The van der Waals surface area contributed by atoms with Gasteiger partial charge in [-0.15, -0.1) is 0 Å². The summed E-state index contributed by atoms with van der Waals surface area (Å²) in [4.78, 5) is 17.0. The van der Waals surface area contributed by atoms with Crippen LogP contribution in [0, 0.1) is 0 Å². The highest BCUT2D eigenvalue weighted by Crippen LogP contribution is 2.21. The van der Waals surface area contributed by atoms with Gasteiger partial charge in [-0.1, -0.05) is 18.2 Å². The van der Waals surface area contributed by atoms with Gasteiger partial charge in [0.15, 0.2) is 0 Å². The number of fused-ring (bicyclic) bond motifs is 1. The molecule has 1 aliphatic rings. The first-order valence-electron chi connectivity index (χ1n) is 8.60. The van der Waals surface area contributed by atoms with Gasteiger partial charge in [-0.05, 0) is 40.1 Å². The summed E-state index contributed by atoms with van der Waals surface area (Å²) in [6.45, 7) is 3.88. The van der Waals surface area contributed by atoms with E-state index in [1.807, 2.05) is 47.4 Å². The van der Waals surface area contributed by atoms with E-state index in [2.05, 4.69) is 15.2 Å². The van der Waals surface area contributed by atoms with Gasteiger partial charge in [0.2, 0.25) is 0 Å². The first-order valence-corrected chi connectivity index (χ1v) is 8.60. The van der Waals surface area contributed by atoms with Crippen molar-refractivity contribution in [2.24, 2.45) is 0 Å². The van der Waals surface area contributed by atoms with Gasteiger partial charge in [0.25, 0.3) is 5.91 Å². The van der Waals surface area contributed by atoms with Crippen molar-refractivity contribution < 1.29 is 14.2 Å². The molecule has 4 rings (SSSR count). The molecule has 0 unspecified atom stereocenters. The summed E-state index contributed by atoms with van der Waals surface area (Å²) in [6.07, 6.45) is 0. The predicted octanol–water partition coefficient (Wildman–Crippen LogP) is 2.19. The van der Waals surface area contributed by atoms with Crippen LogP contribution in [0.2, 0.25) is 0 Å². The Bertz CT molecular complexity index is 916. The summed E-state index contributed by atoms with van der Waals surface area (Å²) in [7, 11) is 1.59. The molecule has 7 heteroatoms. The molecule has 0 N–H and O–H groups in total. The fraction of sp³-hybridized carbons (Fsp3) is 0.316. The third-order valence-electron chi connectivity index (χ3n) is 4.72. The van der Waals surface area contributed by atoms with Gasteiger partial charge in [0.1, 0.15) is 16.8 Å². The molecule has 0 aliphatic carbocycles. The van der Waals surface area contributed by atoms with Crippen LogP contribution >= 0.6 is 0 Å². The Labute approximate surface area is 151 Å². The lowest BCUT2D eigenvalue weighted by atomic mass is 10.1. The maximum absolute atomic E-state index is 12.8. The fourth-order valence-electron chi connectivity index (χ4n) is 3.28. The summed E-state index contributed by atoms with van der Waals surface area (Å²) in [5.74, 6) is 0.645. The van der Waals surface area contributed by atoms with E-state index in [9.17, 15) is 4.79 Å². The highest BCUT2D eigenvalue weighted by Gasteiger charge is 2.24. The van der Waals surface area contributed by atoms with Crippen molar-refractivity contribution in [2.75, 3.05) is 33.3 Å². The van der Waals surface area contributed by atoms with Gasteiger partial charge >= 0.3 is 0 Å². The normalized spacial score (nSPS) is 15.3. The van der Waals surface area contributed by atoms with Gasteiger partial charge in [-0.3, -0.25) is 9.69 Å². The fourth-order valence-corrected chi connectivity index (χ4v) is 3.28. The third kappa shape index (κ3) is 3.25. The number of nitrogens with zero attached hydrogens (tertiary/aromatic N) is 4. The average Bonchev–Trinajstić information content (AvgIpc) is 3.16. The molecule has 3 aromatic rings. The predicted molar refractivity (Wildman–Crippen MR) is 96.0 cm³/mol. The number of carbonyl (C=O) groups is 1. The molecule has 2 aromatic carbocycles. The number of hydrogen-bond acceptors (Lipinski definition) is 6. The zero-order valence-electron chi connectivity index (χ0n) is 14.6. The van der Waals surface area contributed by atoms with Gasteiger partial charge in [-0.2, -0.15) is 0 Å². The minimum atomic E-state index is 0.0252. The number of carbonyl (C=O) groups excluding carboxylic acids is 1. The van der Waals surface area contributed by atoms with Crippen LogP contribution in [0.4, 0.5) is 0 Å². The van der Waals surface area contributed by atoms with E-state index in [4.69, 9.17) is 9.37 Å². The van der Waals surface area contributed by atoms with Gasteiger partial charge < -0.3 is 9.64 Å². The number of ether oxygens (including phenoxy) is 1. The van der Waals surface area contributed by atoms with Crippen LogP contribution in [0.1, 0.15) is 15.9 Å². The molecule has 0 saturated carbocycles. The summed E-state index contributed by atoms with van der Waals surface area (Å²) >= 11 is 0. The van der Waals surface area contributed by atoms with E-state index < -0.39 is 0 Å². The van der Waals surface area contributed by atoms with Crippen LogP contribution < -0.4 is 4.74 Å². The molecular formula is C19H20N4O3. The monoisotopic (exact) mass is 352 g/mol. The molecule has 1 saturated heterocycles. The van der Waals surface area contributed by atoms with Crippen molar-refractivity contribution in [3.05, 3.63) is 53.6 Å². The van der Waals surface area contributed by atoms with Crippen LogP contribution in [-0.2, 0) is 6.54 Å². The number of hydrogen-bond donors (Lipinski definition) is 0. The summed E-state index contributed by atoms with van der Waals surface area (Å²) in [5, 5.41) is 7.71. The molecular weight excluding hydrogens is 332 g/mol. The molecule has 0 bridgehead atoms. The molecule has 134 valence electrons. The number of benzene rings is 2. The van der Waals surface area contributed by atoms with E-state index in [1.54, 1.807) is 7.11 Å². The van der Waals surface area contributed by atoms with Gasteiger partial charge in [0.05, 0.1) is 12.7 Å². The molecule has 0 atom stereocenters. The molecule has 1 amide bonds. The quantitative estimate of drug-likeness (QED) is 0.717. The second-order valence-corrected chi connectivity index (χ2v) is 6.36. The minimum absolute atomic E-state index is 0.0252.